The maximum Gasteiger partial charge on any atom is 0.339 e. The molecule has 3 aromatic carbocycles. The number of hydrogen-bond acceptors (Lipinski definition) is 3. The van der Waals surface area contributed by atoms with E-state index in [-0.39, 0.29) is 17.8 Å². The van der Waals surface area contributed by atoms with Crippen molar-refractivity contribution in [3.05, 3.63) is 65.2 Å². The highest BCUT2D eigenvalue weighted by Gasteiger charge is 2.34. The lowest BCUT2D eigenvalue weighted by Gasteiger charge is -2.36. The zero-order valence-electron chi connectivity index (χ0n) is 19.8. The number of aryl methyl sites for hydroxylation is 2. The van der Waals surface area contributed by atoms with Crippen molar-refractivity contribution >= 4 is 16.7 Å². The number of benzene rings is 3. The van der Waals surface area contributed by atoms with E-state index < -0.39 is 0 Å². The first-order valence-electron chi connectivity index (χ1n) is 11.8. The number of aromatic hydroxyl groups is 1. The first-order valence-corrected chi connectivity index (χ1v) is 11.8. The highest BCUT2D eigenvalue weighted by Crippen LogP contribution is 2.41. The molecule has 1 aliphatic carbocycles. The topological polar surface area (TPSA) is 46.5 Å². The Morgan fingerprint density at radius 1 is 1.03 bits per heavy atom. The summed E-state index contributed by atoms with van der Waals surface area (Å²) < 4.78 is 6.22. The van der Waals surface area contributed by atoms with Crippen LogP contribution < -0.4 is 0 Å². The Hall–Kier alpha value is -2.81. The lowest BCUT2D eigenvalue weighted by Crippen LogP contribution is -2.36. The summed E-state index contributed by atoms with van der Waals surface area (Å²) in [6.45, 7) is 10.6. The molecule has 1 saturated carbocycles. The lowest BCUT2D eigenvalue weighted by molar-refractivity contribution is -0.0173. The highest BCUT2D eigenvalue weighted by atomic mass is 16.5. The molecule has 0 heterocycles. The normalized spacial score (nSPS) is 21.1. The first kappa shape index (κ1) is 22.4. The fourth-order valence-corrected chi connectivity index (χ4v) is 5.43. The van der Waals surface area contributed by atoms with Gasteiger partial charge in [-0.15, -0.1) is 0 Å². The van der Waals surface area contributed by atoms with Gasteiger partial charge < -0.3 is 9.84 Å². The minimum atomic E-state index is -0.296. The molecule has 0 amide bonds. The molecule has 0 bridgehead atoms. The van der Waals surface area contributed by atoms with Crippen LogP contribution in [0.25, 0.3) is 21.9 Å². The minimum absolute atomic E-state index is 0.0710. The standard InChI is InChI=1S/C29H34O3/c1-17(2)22-12-10-18(3)16-26(22)32-29(31)24-13-11-21-8-6-7-9-23(21)28(24)27-20(5)14-19(4)15-25(27)30/h6-9,11,13-15,17-18,22,26,30H,10,12,16H2,1-5H3/t18-,22+,26-/m1/s1. The number of phenols is 1. The zero-order valence-corrected chi connectivity index (χ0v) is 19.8. The molecular weight excluding hydrogens is 396 g/mol. The van der Waals surface area contributed by atoms with E-state index in [0.717, 1.165) is 40.3 Å². The van der Waals surface area contributed by atoms with Gasteiger partial charge in [-0.05, 0) is 78.5 Å². The number of ether oxygens (including phenoxy) is 1. The van der Waals surface area contributed by atoms with E-state index in [1.165, 1.54) is 6.42 Å². The molecule has 0 spiro atoms. The summed E-state index contributed by atoms with van der Waals surface area (Å²) in [4.78, 5) is 13.6. The number of carbonyl (C=O) groups excluding carboxylic acids is 1. The van der Waals surface area contributed by atoms with Crippen LogP contribution in [0, 0.1) is 31.6 Å². The SMILES string of the molecule is Cc1cc(C)c(-c2c(C(=O)O[C@@H]3C[C@H](C)CC[C@H]3C(C)C)ccc3ccccc23)c(O)c1. The Bertz CT molecular complexity index is 1120. The van der Waals surface area contributed by atoms with Gasteiger partial charge in [0.2, 0.25) is 0 Å². The molecule has 3 aromatic rings. The van der Waals surface area contributed by atoms with E-state index in [0.29, 0.717) is 28.9 Å². The number of hydrogen-bond donors (Lipinski definition) is 1. The van der Waals surface area contributed by atoms with E-state index in [4.69, 9.17) is 4.74 Å². The van der Waals surface area contributed by atoms with Gasteiger partial charge in [0.05, 0.1) is 5.56 Å². The third kappa shape index (κ3) is 4.26. The van der Waals surface area contributed by atoms with Crippen LogP contribution in [-0.4, -0.2) is 17.2 Å². The first-order chi connectivity index (χ1) is 15.3. The fraction of sp³-hybridized carbons (Fsp3) is 0.414. The number of rotatable bonds is 4. The van der Waals surface area contributed by atoms with Crippen molar-refractivity contribution in [2.45, 2.75) is 60.0 Å². The maximum absolute atomic E-state index is 13.6. The molecule has 4 rings (SSSR count). The van der Waals surface area contributed by atoms with Gasteiger partial charge in [-0.25, -0.2) is 4.79 Å². The van der Waals surface area contributed by atoms with Gasteiger partial charge >= 0.3 is 5.97 Å². The van der Waals surface area contributed by atoms with Gasteiger partial charge in [-0.1, -0.05) is 63.6 Å². The number of carbonyl (C=O) groups is 1. The third-order valence-corrected chi connectivity index (χ3v) is 7.08. The Morgan fingerprint density at radius 2 is 1.78 bits per heavy atom. The van der Waals surface area contributed by atoms with E-state index in [1.807, 2.05) is 56.3 Å². The summed E-state index contributed by atoms with van der Waals surface area (Å²) in [5.41, 5.74) is 3.92. The van der Waals surface area contributed by atoms with Crippen molar-refractivity contribution in [1.29, 1.82) is 0 Å². The molecule has 0 aliphatic heterocycles. The van der Waals surface area contributed by atoms with Gasteiger partial charge in [0, 0.05) is 11.1 Å². The van der Waals surface area contributed by atoms with E-state index in [9.17, 15) is 9.90 Å². The fourth-order valence-electron chi connectivity index (χ4n) is 5.43. The average molecular weight is 431 g/mol. The molecule has 0 saturated heterocycles. The Labute approximate surface area is 191 Å². The minimum Gasteiger partial charge on any atom is -0.507 e. The number of esters is 1. The zero-order chi connectivity index (χ0) is 23.0. The molecule has 1 fully saturated rings. The predicted octanol–water partition coefficient (Wildman–Crippen LogP) is 7.45. The van der Waals surface area contributed by atoms with Gasteiger partial charge in [0.1, 0.15) is 11.9 Å². The number of phenolic OH excluding ortho intramolecular Hbond substituents is 1. The van der Waals surface area contributed by atoms with Crippen molar-refractivity contribution in [3.63, 3.8) is 0 Å². The molecule has 1 N–H and O–H groups in total. The van der Waals surface area contributed by atoms with Gasteiger partial charge in [0.15, 0.2) is 0 Å². The molecule has 0 aromatic heterocycles. The molecule has 3 nitrogen and oxygen atoms in total. The molecule has 168 valence electrons. The second kappa shape index (κ2) is 8.97. The van der Waals surface area contributed by atoms with Crippen molar-refractivity contribution in [1.82, 2.24) is 0 Å². The number of fused-ring (bicyclic) bond motifs is 1. The largest absolute Gasteiger partial charge is 0.507 e. The van der Waals surface area contributed by atoms with E-state index in [1.54, 1.807) is 6.07 Å². The lowest BCUT2D eigenvalue weighted by atomic mass is 9.75. The Balaban J connectivity index is 1.83. The van der Waals surface area contributed by atoms with Crippen molar-refractivity contribution in [3.8, 4) is 16.9 Å². The van der Waals surface area contributed by atoms with Crippen molar-refractivity contribution in [2.75, 3.05) is 0 Å². The quantitative estimate of drug-likeness (QED) is 0.437. The summed E-state index contributed by atoms with van der Waals surface area (Å²) >= 11 is 0. The van der Waals surface area contributed by atoms with Crippen LogP contribution in [0.3, 0.4) is 0 Å². The predicted molar refractivity (Wildman–Crippen MR) is 131 cm³/mol. The van der Waals surface area contributed by atoms with E-state index in [2.05, 4.69) is 20.8 Å². The van der Waals surface area contributed by atoms with Crippen LogP contribution in [0.5, 0.6) is 5.75 Å². The van der Waals surface area contributed by atoms with Crippen LogP contribution in [0.4, 0.5) is 0 Å². The molecular formula is C29H34O3. The Kier molecular flexibility index (Phi) is 6.28. The van der Waals surface area contributed by atoms with E-state index >= 15 is 0 Å². The maximum atomic E-state index is 13.6. The molecule has 0 unspecified atom stereocenters. The second-order valence-corrected chi connectivity index (χ2v) is 9.96. The molecule has 3 heteroatoms. The van der Waals surface area contributed by atoms with Crippen molar-refractivity contribution < 1.29 is 14.6 Å². The van der Waals surface area contributed by atoms with Gasteiger partial charge in [-0.2, -0.15) is 0 Å². The van der Waals surface area contributed by atoms with Crippen LogP contribution in [0.2, 0.25) is 0 Å². The van der Waals surface area contributed by atoms with Crippen LogP contribution in [-0.2, 0) is 4.74 Å². The summed E-state index contributed by atoms with van der Waals surface area (Å²) in [6, 6.07) is 15.6. The summed E-state index contributed by atoms with van der Waals surface area (Å²) in [7, 11) is 0. The average Bonchev–Trinajstić information content (AvgIpc) is 2.73. The Morgan fingerprint density at radius 3 is 2.50 bits per heavy atom. The van der Waals surface area contributed by atoms with Crippen molar-refractivity contribution in [2.24, 2.45) is 17.8 Å². The molecule has 1 aliphatic rings. The third-order valence-electron chi connectivity index (χ3n) is 7.08. The van der Waals surface area contributed by atoms with Gasteiger partial charge in [0.25, 0.3) is 0 Å². The smallest absolute Gasteiger partial charge is 0.339 e. The summed E-state index contributed by atoms with van der Waals surface area (Å²) in [5, 5.41) is 12.9. The second-order valence-electron chi connectivity index (χ2n) is 9.96. The molecule has 0 radical (unpaired) electrons. The van der Waals surface area contributed by atoms with Gasteiger partial charge in [-0.3, -0.25) is 0 Å². The summed E-state index contributed by atoms with van der Waals surface area (Å²) in [5.74, 6) is 1.31. The van der Waals surface area contributed by atoms with Crippen LogP contribution in [0.15, 0.2) is 48.5 Å². The highest BCUT2D eigenvalue weighted by molar-refractivity contribution is 6.09. The van der Waals surface area contributed by atoms with Crippen LogP contribution in [0.1, 0.15) is 61.5 Å². The molecule has 3 atom stereocenters. The monoisotopic (exact) mass is 430 g/mol. The molecule has 32 heavy (non-hydrogen) atoms. The van der Waals surface area contributed by atoms with Crippen LogP contribution >= 0.6 is 0 Å². The summed E-state index contributed by atoms with van der Waals surface area (Å²) in [6.07, 6.45) is 3.12.